The van der Waals surface area contributed by atoms with E-state index in [1.54, 1.807) is 0 Å². The summed E-state index contributed by atoms with van der Waals surface area (Å²) < 4.78 is 0. The molecular weight excluding hydrogens is 172 g/mol. The van der Waals surface area contributed by atoms with Gasteiger partial charge in [0.1, 0.15) is 0 Å². The maximum Gasteiger partial charge on any atom is 0.0682 e. The Kier molecular flexibility index (Phi) is 3.12. The third-order valence-corrected chi connectivity index (χ3v) is 3.05. The number of aryl methyl sites for hydroxylation is 1. The zero-order valence-corrected chi connectivity index (χ0v) is 9.44. The van der Waals surface area contributed by atoms with E-state index in [0.29, 0.717) is 0 Å². The summed E-state index contributed by atoms with van der Waals surface area (Å²) in [6.07, 6.45) is 0. The monoisotopic (exact) mass is 190 g/mol. The van der Waals surface area contributed by atoms with Crippen LogP contribution in [0, 0.1) is 27.7 Å². The third-order valence-electron chi connectivity index (χ3n) is 3.05. The Balaban J connectivity index is 3.40. The number of aliphatic hydroxyl groups excluding tert-OH is 1. The van der Waals surface area contributed by atoms with Gasteiger partial charge in [0.2, 0.25) is 0 Å². The lowest BCUT2D eigenvalue weighted by Gasteiger charge is -2.14. The highest BCUT2D eigenvalue weighted by Gasteiger charge is 2.08. The van der Waals surface area contributed by atoms with Crippen molar-refractivity contribution in [2.45, 2.75) is 27.7 Å². The van der Waals surface area contributed by atoms with Gasteiger partial charge in [-0.2, -0.15) is 0 Å². The first kappa shape index (κ1) is 11.0. The minimum atomic E-state index is 0.0305. The topological polar surface area (TPSA) is 20.2 Å². The quantitative estimate of drug-likeness (QED) is 0.760. The summed E-state index contributed by atoms with van der Waals surface area (Å²) in [5.41, 5.74) is 7.01. The minimum Gasteiger partial charge on any atom is -0.392 e. The van der Waals surface area contributed by atoms with E-state index < -0.39 is 0 Å². The fourth-order valence-electron chi connectivity index (χ4n) is 1.66. The van der Waals surface area contributed by atoms with E-state index in [9.17, 15) is 0 Å². The number of aliphatic hydroxyl groups is 1. The van der Waals surface area contributed by atoms with Gasteiger partial charge >= 0.3 is 0 Å². The van der Waals surface area contributed by atoms with Gasteiger partial charge in [-0.15, -0.1) is 0 Å². The molecular formula is C13H18O. The standard InChI is InChI=1S/C13H18O/c1-8-6-13(9(2)7-14)12(5)11(4)10(8)3/h6,14H,2,7H2,1,3-5H3. The van der Waals surface area contributed by atoms with E-state index in [2.05, 4.69) is 40.3 Å². The van der Waals surface area contributed by atoms with Crippen molar-refractivity contribution in [3.05, 3.63) is 40.5 Å². The minimum absolute atomic E-state index is 0.0305. The van der Waals surface area contributed by atoms with Gasteiger partial charge in [0.05, 0.1) is 6.61 Å². The van der Waals surface area contributed by atoms with Gasteiger partial charge in [0, 0.05) is 0 Å². The Labute approximate surface area is 86.1 Å². The van der Waals surface area contributed by atoms with Crippen molar-refractivity contribution >= 4 is 5.57 Å². The van der Waals surface area contributed by atoms with E-state index in [4.69, 9.17) is 5.11 Å². The summed E-state index contributed by atoms with van der Waals surface area (Å²) in [5.74, 6) is 0. The predicted octanol–water partition coefficient (Wildman–Crippen LogP) is 2.93. The van der Waals surface area contributed by atoms with Crippen molar-refractivity contribution in [1.82, 2.24) is 0 Å². The van der Waals surface area contributed by atoms with Crippen LogP contribution in [0.3, 0.4) is 0 Å². The van der Waals surface area contributed by atoms with Crippen LogP contribution >= 0.6 is 0 Å². The van der Waals surface area contributed by atoms with Crippen LogP contribution in [-0.4, -0.2) is 11.7 Å². The first-order valence-corrected chi connectivity index (χ1v) is 4.85. The summed E-state index contributed by atoms with van der Waals surface area (Å²) in [6, 6.07) is 2.11. The molecule has 1 aromatic rings. The molecule has 1 aromatic carbocycles. The second kappa shape index (κ2) is 3.97. The molecule has 76 valence electrons. The van der Waals surface area contributed by atoms with Crippen molar-refractivity contribution in [3.8, 4) is 0 Å². The lowest BCUT2D eigenvalue weighted by Crippen LogP contribution is -1.99. The Bertz CT molecular complexity index is 375. The smallest absolute Gasteiger partial charge is 0.0682 e. The van der Waals surface area contributed by atoms with Crippen molar-refractivity contribution in [1.29, 1.82) is 0 Å². The second-order valence-corrected chi connectivity index (χ2v) is 3.88. The van der Waals surface area contributed by atoms with Crippen LogP contribution in [0.2, 0.25) is 0 Å². The van der Waals surface area contributed by atoms with Crippen molar-refractivity contribution < 1.29 is 5.11 Å². The highest BCUT2D eigenvalue weighted by atomic mass is 16.3. The largest absolute Gasteiger partial charge is 0.392 e. The molecule has 0 aromatic heterocycles. The molecule has 0 saturated carbocycles. The fraction of sp³-hybridized carbons (Fsp3) is 0.385. The van der Waals surface area contributed by atoms with E-state index in [-0.39, 0.29) is 6.61 Å². The highest BCUT2D eigenvalue weighted by Crippen LogP contribution is 2.25. The maximum absolute atomic E-state index is 9.06. The molecule has 0 amide bonds. The maximum atomic E-state index is 9.06. The van der Waals surface area contributed by atoms with Gasteiger partial charge in [0.15, 0.2) is 0 Å². The van der Waals surface area contributed by atoms with Gasteiger partial charge in [0.25, 0.3) is 0 Å². The molecule has 0 atom stereocenters. The van der Waals surface area contributed by atoms with Crippen LogP contribution in [0.25, 0.3) is 5.57 Å². The van der Waals surface area contributed by atoms with E-state index in [0.717, 1.165) is 11.1 Å². The average Bonchev–Trinajstić information content (AvgIpc) is 2.19. The SMILES string of the molecule is C=C(CO)c1cc(C)c(C)c(C)c1C. The van der Waals surface area contributed by atoms with Crippen molar-refractivity contribution in [2.75, 3.05) is 6.61 Å². The predicted molar refractivity (Wildman–Crippen MR) is 61.5 cm³/mol. The molecule has 0 bridgehead atoms. The first-order chi connectivity index (χ1) is 6.49. The molecule has 14 heavy (non-hydrogen) atoms. The molecule has 1 rings (SSSR count). The first-order valence-electron chi connectivity index (χ1n) is 4.85. The zero-order valence-electron chi connectivity index (χ0n) is 9.44. The number of hydrogen-bond donors (Lipinski definition) is 1. The summed E-state index contributed by atoms with van der Waals surface area (Å²) in [7, 11) is 0. The molecule has 1 heteroatoms. The van der Waals surface area contributed by atoms with Gasteiger partial charge in [-0.25, -0.2) is 0 Å². The summed E-state index contributed by atoms with van der Waals surface area (Å²) >= 11 is 0. The Morgan fingerprint density at radius 1 is 1.14 bits per heavy atom. The summed E-state index contributed by atoms with van der Waals surface area (Å²) in [6.45, 7) is 12.3. The molecule has 1 nitrogen and oxygen atoms in total. The van der Waals surface area contributed by atoms with Crippen LogP contribution in [-0.2, 0) is 0 Å². The zero-order chi connectivity index (χ0) is 10.9. The Morgan fingerprint density at radius 3 is 2.21 bits per heavy atom. The molecule has 0 aliphatic heterocycles. The normalized spacial score (nSPS) is 10.4. The number of rotatable bonds is 2. The van der Waals surface area contributed by atoms with E-state index in [1.165, 1.54) is 22.3 Å². The number of benzene rings is 1. The molecule has 0 fully saturated rings. The molecule has 0 radical (unpaired) electrons. The van der Waals surface area contributed by atoms with Gasteiger partial charge in [-0.05, 0) is 61.1 Å². The molecule has 0 spiro atoms. The van der Waals surface area contributed by atoms with E-state index >= 15 is 0 Å². The Hall–Kier alpha value is -1.08. The van der Waals surface area contributed by atoms with Crippen molar-refractivity contribution in [2.24, 2.45) is 0 Å². The van der Waals surface area contributed by atoms with Gasteiger partial charge in [-0.1, -0.05) is 12.6 Å². The average molecular weight is 190 g/mol. The van der Waals surface area contributed by atoms with Crippen LogP contribution < -0.4 is 0 Å². The van der Waals surface area contributed by atoms with Crippen LogP contribution in [0.15, 0.2) is 12.6 Å². The van der Waals surface area contributed by atoms with E-state index in [1.807, 2.05) is 0 Å². The molecule has 0 unspecified atom stereocenters. The molecule has 0 heterocycles. The Morgan fingerprint density at radius 2 is 1.71 bits per heavy atom. The summed E-state index contributed by atoms with van der Waals surface area (Å²) in [5, 5.41) is 9.06. The van der Waals surface area contributed by atoms with Crippen LogP contribution in [0.5, 0.6) is 0 Å². The highest BCUT2D eigenvalue weighted by molar-refractivity contribution is 5.69. The van der Waals surface area contributed by atoms with Crippen LogP contribution in [0.1, 0.15) is 27.8 Å². The van der Waals surface area contributed by atoms with Gasteiger partial charge in [-0.3, -0.25) is 0 Å². The molecule has 0 aliphatic rings. The van der Waals surface area contributed by atoms with Gasteiger partial charge < -0.3 is 5.11 Å². The third kappa shape index (κ3) is 1.73. The number of hydrogen-bond acceptors (Lipinski definition) is 1. The summed E-state index contributed by atoms with van der Waals surface area (Å²) in [4.78, 5) is 0. The fourth-order valence-corrected chi connectivity index (χ4v) is 1.66. The lowest BCUT2D eigenvalue weighted by atomic mass is 9.91. The molecule has 1 N–H and O–H groups in total. The lowest BCUT2D eigenvalue weighted by molar-refractivity contribution is 0.350. The van der Waals surface area contributed by atoms with Crippen LogP contribution in [0.4, 0.5) is 0 Å². The molecule has 0 saturated heterocycles. The second-order valence-electron chi connectivity index (χ2n) is 3.88. The van der Waals surface area contributed by atoms with Crippen molar-refractivity contribution in [3.63, 3.8) is 0 Å². The molecule has 0 aliphatic carbocycles.